The molecule has 20 heavy (non-hydrogen) atoms. The molecule has 104 valence electrons. The minimum absolute atomic E-state index is 1.03. The van der Waals surface area contributed by atoms with Crippen molar-refractivity contribution in [3.8, 4) is 0 Å². The van der Waals surface area contributed by atoms with Crippen LogP contribution in [0.4, 0.5) is 5.69 Å². The summed E-state index contributed by atoms with van der Waals surface area (Å²) in [6.07, 6.45) is 7.19. The quantitative estimate of drug-likeness (QED) is 0.344. The Labute approximate surface area is 128 Å². The normalized spacial score (nSPS) is 10.9. The number of hydrogen-bond acceptors (Lipinski definition) is 2. The molecule has 1 aromatic heterocycles. The first-order chi connectivity index (χ1) is 9.79. The third kappa shape index (κ3) is 4.46. The third-order valence-corrected chi connectivity index (χ3v) is 3.54. The van der Waals surface area contributed by atoms with Gasteiger partial charge in [-0.15, -0.1) is 0 Å². The lowest BCUT2D eigenvalue weighted by Crippen LogP contribution is -2.32. The molecule has 0 radical (unpaired) electrons. The molecule has 2 rings (SSSR count). The monoisotopic (exact) mass is 332 g/mol. The summed E-state index contributed by atoms with van der Waals surface area (Å²) >= 11 is 3.44. The van der Waals surface area contributed by atoms with E-state index in [0.717, 1.165) is 29.5 Å². The predicted octanol–water partition coefficient (Wildman–Crippen LogP) is 3.23. The van der Waals surface area contributed by atoms with Crippen LogP contribution in [0.1, 0.15) is 12.0 Å². The number of benzene rings is 1. The zero-order chi connectivity index (χ0) is 14.2. The van der Waals surface area contributed by atoms with E-state index in [9.17, 15) is 0 Å². The third-order valence-electron chi connectivity index (χ3n) is 2.98. The second-order valence-corrected chi connectivity index (χ2v) is 5.31. The highest BCUT2D eigenvalue weighted by atomic mass is 79.9. The number of nitrogens with zero attached hydrogens (tertiary/aromatic N) is 3. The Kier molecular flexibility index (Phi) is 5.74. The Hall–Kier alpha value is -1.68. The molecule has 0 aliphatic heterocycles. The minimum atomic E-state index is 1.03. The van der Waals surface area contributed by atoms with E-state index in [1.54, 1.807) is 0 Å². The summed E-state index contributed by atoms with van der Waals surface area (Å²) in [5, 5.41) is 7.35. The van der Waals surface area contributed by atoms with E-state index in [2.05, 4.69) is 50.1 Å². The van der Waals surface area contributed by atoms with Crippen LogP contribution in [0.5, 0.6) is 0 Å². The molecule has 2 aromatic rings. The van der Waals surface area contributed by atoms with Crippen LogP contribution in [0.25, 0.3) is 0 Å². The van der Waals surface area contributed by atoms with Crippen molar-refractivity contribution < 1.29 is 4.57 Å². The average molecular weight is 333 g/mol. The number of alkyl halides is 1. The highest BCUT2D eigenvalue weighted by Gasteiger charge is 2.00. The fourth-order valence-corrected chi connectivity index (χ4v) is 2.06. The fourth-order valence-electron chi connectivity index (χ4n) is 1.81. The minimum Gasteiger partial charge on any atom is -0.269 e. The van der Waals surface area contributed by atoms with Crippen LogP contribution >= 0.6 is 15.9 Å². The molecule has 0 atom stereocenters. The number of aryl methyl sites for hydroxylation is 1. The average Bonchev–Trinajstić information content (AvgIpc) is 2.52. The zero-order valence-electron chi connectivity index (χ0n) is 11.6. The number of hydrogen-bond donors (Lipinski definition) is 0. The van der Waals surface area contributed by atoms with E-state index in [1.165, 1.54) is 0 Å². The van der Waals surface area contributed by atoms with Gasteiger partial charge in [0, 0.05) is 36.5 Å². The molecule has 0 unspecified atom stereocenters. The van der Waals surface area contributed by atoms with Gasteiger partial charge in [-0.25, -0.2) is 4.57 Å². The number of rotatable bonds is 6. The molecular weight excluding hydrogens is 314 g/mol. The first kappa shape index (κ1) is 14.7. The summed E-state index contributed by atoms with van der Waals surface area (Å²) in [5.41, 5.74) is 2.18. The number of aromatic nitrogens is 1. The van der Waals surface area contributed by atoms with E-state index >= 15 is 0 Å². The van der Waals surface area contributed by atoms with Crippen LogP contribution < -0.4 is 9.58 Å². The van der Waals surface area contributed by atoms with Gasteiger partial charge in [0.1, 0.15) is 6.54 Å². The molecule has 0 aliphatic rings. The van der Waals surface area contributed by atoms with E-state index in [-0.39, 0.29) is 0 Å². The summed E-state index contributed by atoms with van der Waals surface area (Å²) in [4.78, 5) is 0. The number of pyridine rings is 1. The Bertz CT molecular complexity index is 537. The zero-order valence-corrected chi connectivity index (χ0v) is 13.2. The van der Waals surface area contributed by atoms with E-state index in [4.69, 9.17) is 0 Å². The van der Waals surface area contributed by atoms with E-state index in [0.29, 0.717) is 0 Å². The first-order valence-electron chi connectivity index (χ1n) is 6.67. The number of para-hydroxylation sites is 1. The summed E-state index contributed by atoms with van der Waals surface area (Å²) < 4.78 is 2.18. The molecule has 0 fully saturated rings. The molecule has 1 aromatic carbocycles. The van der Waals surface area contributed by atoms with Gasteiger partial charge in [-0.1, -0.05) is 34.1 Å². The predicted molar refractivity (Wildman–Crippen MR) is 87.5 cm³/mol. The van der Waals surface area contributed by atoms with Crippen molar-refractivity contribution in [1.29, 1.82) is 0 Å². The van der Waals surface area contributed by atoms with Gasteiger partial charge in [0.2, 0.25) is 0 Å². The van der Waals surface area contributed by atoms with Crippen LogP contribution in [-0.2, 0) is 6.54 Å². The topological polar surface area (TPSA) is 19.5 Å². The van der Waals surface area contributed by atoms with Gasteiger partial charge in [-0.05, 0) is 12.1 Å². The van der Waals surface area contributed by atoms with Crippen molar-refractivity contribution in [2.75, 3.05) is 17.4 Å². The second kappa shape index (κ2) is 7.80. The number of halogens is 1. The van der Waals surface area contributed by atoms with E-state index < -0.39 is 0 Å². The first-order valence-corrected chi connectivity index (χ1v) is 7.79. The number of anilines is 1. The van der Waals surface area contributed by atoms with Crippen molar-refractivity contribution >= 4 is 27.8 Å². The summed E-state index contributed by atoms with van der Waals surface area (Å²) in [7, 11) is 1.95. The molecule has 0 aliphatic carbocycles. The summed E-state index contributed by atoms with van der Waals surface area (Å²) in [6, 6.07) is 14.3. The van der Waals surface area contributed by atoms with Crippen molar-refractivity contribution in [3.63, 3.8) is 0 Å². The van der Waals surface area contributed by atoms with Crippen LogP contribution in [-0.4, -0.2) is 18.6 Å². The molecule has 0 bridgehead atoms. The summed E-state index contributed by atoms with van der Waals surface area (Å²) in [6.45, 7) is 1.03. The molecule has 3 nitrogen and oxygen atoms in total. The molecule has 0 saturated heterocycles. The molecule has 0 saturated carbocycles. The highest BCUT2D eigenvalue weighted by Crippen LogP contribution is 2.10. The van der Waals surface area contributed by atoms with Gasteiger partial charge >= 0.3 is 0 Å². The Balaban J connectivity index is 1.97. The lowest BCUT2D eigenvalue weighted by Gasteiger charge is -2.11. The van der Waals surface area contributed by atoms with Crippen LogP contribution in [0, 0.1) is 0 Å². The smallest absolute Gasteiger partial charge is 0.169 e. The standard InChI is InChI=1S/C16H19BrN3/c1-19(16-6-3-2-4-7-16)18-14-15-8-12-20(13-9-15)11-5-10-17/h2-4,6-9,12-14H,5,10-11H2,1H3/q+1. The van der Waals surface area contributed by atoms with Crippen molar-refractivity contribution in [2.24, 2.45) is 5.10 Å². The van der Waals surface area contributed by atoms with E-state index in [1.807, 2.05) is 48.6 Å². The lowest BCUT2D eigenvalue weighted by atomic mass is 10.3. The second-order valence-electron chi connectivity index (χ2n) is 4.52. The molecule has 1 heterocycles. The van der Waals surface area contributed by atoms with Gasteiger partial charge in [-0.3, -0.25) is 5.01 Å². The van der Waals surface area contributed by atoms with Crippen molar-refractivity contribution in [1.82, 2.24) is 0 Å². The molecule has 0 amide bonds. The van der Waals surface area contributed by atoms with Gasteiger partial charge in [0.05, 0.1) is 11.9 Å². The highest BCUT2D eigenvalue weighted by molar-refractivity contribution is 9.09. The molecule has 0 spiro atoms. The SMILES string of the molecule is CN(N=Cc1cc[n+](CCCBr)cc1)c1ccccc1. The largest absolute Gasteiger partial charge is 0.269 e. The Morgan fingerprint density at radius 3 is 2.50 bits per heavy atom. The van der Waals surface area contributed by atoms with Crippen LogP contribution in [0.3, 0.4) is 0 Å². The van der Waals surface area contributed by atoms with Crippen LogP contribution in [0.2, 0.25) is 0 Å². The van der Waals surface area contributed by atoms with Gasteiger partial charge < -0.3 is 0 Å². The van der Waals surface area contributed by atoms with Crippen molar-refractivity contribution in [3.05, 3.63) is 60.4 Å². The Morgan fingerprint density at radius 2 is 1.85 bits per heavy atom. The maximum Gasteiger partial charge on any atom is 0.169 e. The molecule has 4 heteroatoms. The fraction of sp³-hybridized carbons (Fsp3) is 0.250. The van der Waals surface area contributed by atoms with Crippen LogP contribution in [0.15, 0.2) is 60.0 Å². The summed E-state index contributed by atoms with van der Waals surface area (Å²) in [5.74, 6) is 0. The van der Waals surface area contributed by atoms with Gasteiger partial charge in [0.25, 0.3) is 0 Å². The van der Waals surface area contributed by atoms with Gasteiger partial charge in [0.15, 0.2) is 12.4 Å². The number of hydrazone groups is 1. The maximum atomic E-state index is 4.45. The maximum absolute atomic E-state index is 4.45. The Morgan fingerprint density at radius 1 is 1.15 bits per heavy atom. The lowest BCUT2D eigenvalue weighted by molar-refractivity contribution is -0.696. The molecule has 0 N–H and O–H groups in total. The van der Waals surface area contributed by atoms with Gasteiger partial charge in [-0.2, -0.15) is 5.10 Å². The van der Waals surface area contributed by atoms with Crippen molar-refractivity contribution in [2.45, 2.75) is 13.0 Å². The molecular formula is C16H19BrN3+.